The first kappa shape index (κ1) is 15.3. The van der Waals surface area contributed by atoms with Gasteiger partial charge in [0, 0.05) is 16.3 Å². The van der Waals surface area contributed by atoms with E-state index >= 15 is 0 Å². The number of fused-ring (bicyclic) bond motifs is 2. The van der Waals surface area contributed by atoms with Crippen LogP contribution in [-0.2, 0) is 0 Å². The Hall–Kier alpha value is -3.19. The van der Waals surface area contributed by atoms with Crippen LogP contribution < -0.4 is 21.6 Å². The number of anilines is 1. The first-order chi connectivity index (χ1) is 12.1. The molecule has 4 aromatic rings. The van der Waals surface area contributed by atoms with Crippen molar-refractivity contribution in [1.29, 1.82) is 0 Å². The number of aromatic nitrogens is 2. The first-order valence-electron chi connectivity index (χ1n) is 7.48. The molecule has 0 saturated heterocycles. The van der Waals surface area contributed by atoms with Gasteiger partial charge < -0.3 is 10.5 Å². The minimum absolute atomic E-state index is 0.134. The van der Waals surface area contributed by atoms with Crippen molar-refractivity contribution in [3.63, 3.8) is 0 Å². The molecule has 2 aromatic heterocycles. The quantitative estimate of drug-likeness (QED) is 0.561. The molecule has 0 radical (unpaired) electrons. The summed E-state index contributed by atoms with van der Waals surface area (Å²) in [5.41, 5.74) is 5.33. The van der Waals surface area contributed by atoms with E-state index in [4.69, 9.17) is 10.5 Å². The second-order valence-corrected chi connectivity index (χ2v) is 6.48. The van der Waals surface area contributed by atoms with Gasteiger partial charge in [-0.2, -0.15) is 4.98 Å². The van der Waals surface area contributed by atoms with E-state index in [1.807, 2.05) is 18.2 Å². The second-order valence-electron chi connectivity index (χ2n) is 5.42. The van der Waals surface area contributed by atoms with Gasteiger partial charge >= 0.3 is 5.69 Å². The third-order valence-corrected chi connectivity index (χ3v) is 5.16. The van der Waals surface area contributed by atoms with Gasteiger partial charge in [-0.3, -0.25) is 9.36 Å². The van der Waals surface area contributed by atoms with Crippen LogP contribution in [0.1, 0.15) is 0 Å². The molecule has 2 aromatic carbocycles. The summed E-state index contributed by atoms with van der Waals surface area (Å²) in [6.45, 7) is 0. The Morgan fingerprint density at radius 2 is 1.92 bits per heavy atom. The molecule has 0 amide bonds. The number of rotatable bonds is 2. The first-order valence-corrected chi connectivity index (χ1v) is 8.30. The number of methoxy groups -OCH3 is 1. The molecule has 0 bridgehead atoms. The van der Waals surface area contributed by atoms with Gasteiger partial charge in [-0.25, -0.2) is 4.79 Å². The SMILES string of the molecule is COc1ccc(-n2ccc(N)nc2=O)c2c(=O)c3ccccc3sc12. The van der Waals surface area contributed by atoms with Crippen molar-refractivity contribution < 1.29 is 4.74 Å². The highest BCUT2D eigenvalue weighted by atomic mass is 32.1. The Balaban J connectivity index is 2.21. The van der Waals surface area contributed by atoms with E-state index in [1.54, 1.807) is 25.3 Å². The van der Waals surface area contributed by atoms with E-state index in [1.165, 1.54) is 28.2 Å². The van der Waals surface area contributed by atoms with Crippen molar-refractivity contribution in [3.05, 3.63) is 69.4 Å². The van der Waals surface area contributed by atoms with Crippen LogP contribution in [0.5, 0.6) is 5.75 Å². The Morgan fingerprint density at radius 1 is 1.12 bits per heavy atom. The fourth-order valence-electron chi connectivity index (χ4n) is 2.82. The molecule has 0 aliphatic carbocycles. The normalized spacial score (nSPS) is 11.1. The van der Waals surface area contributed by atoms with Crippen molar-refractivity contribution in [2.75, 3.05) is 12.8 Å². The van der Waals surface area contributed by atoms with Crippen molar-refractivity contribution in [3.8, 4) is 11.4 Å². The highest BCUT2D eigenvalue weighted by Gasteiger charge is 2.16. The molecule has 0 atom stereocenters. The van der Waals surface area contributed by atoms with E-state index in [2.05, 4.69) is 4.98 Å². The summed E-state index contributed by atoms with van der Waals surface area (Å²) in [6.07, 6.45) is 1.52. The maximum atomic E-state index is 13.1. The van der Waals surface area contributed by atoms with E-state index in [0.717, 1.165) is 4.70 Å². The lowest BCUT2D eigenvalue weighted by Crippen LogP contribution is -2.22. The summed E-state index contributed by atoms with van der Waals surface area (Å²) in [6, 6.07) is 12.3. The molecule has 2 N–H and O–H groups in total. The van der Waals surface area contributed by atoms with Crippen LogP contribution in [0.4, 0.5) is 5.82 Å². The summed E-state index contributed by atoms with van der Waals surface area (Å²) >= 11 is 1.45. The smallest absolute Gasteiger partial charge is 0.354 e. The number of nitrogens with zero attached hydrogens (tertiary/aromatic N) is 2. The molecular weight excluding hydrogens is 338 g/mol. The molecule has 4 rings (SSSR count). The third kappa shape index (κ3) is 2.36. The van der Waals surface area contributed by atoms with Crippen molar-refractivity contribution in [2.45, 2.75) is 0 Å². The van der Waals surface area contributed by atoms with Gasteiger partial charge in [0.05, 0.1) is 22.9 Å². The molecule has 0 spiro atoms. The fourth-order valence-corrected chi connectivity index (χ4v) is 4.01. The summed E-state index contributed by atoms with van der Waals surface area (Å²) in [4.78, 5) is 29.1. The molecular formula is C18H13N3O3S. The van der Waals surface area contributed by atoms with Gasteiger partial charge in [0.1, 0.15) is 11.6 Å². The average Bonchev–Trinajstić information content (AvgIpc) is 2.61. The zero-order chi connectivity index (χ0) is 17.6. The zero-order valence-electron chi connectivity index (χ0n) is 13.2. The molecule has 0 aliphatic rings. The Bertz CT molecular complexity index is 1240. The predicted molar refractivity (Wildman–Crippen MR) is 100.0 cm³/mol. The average molecular weight is 351 g/mol. The molecule has 124 valence electrons. The summed E-state index contributed by atoms with van der Waals surface area (Å²) in [7, 11) is 1.55. The lowest BCUT2D eigenvalue weighted by Gasteiger charge is -2.12. The number of nitrogens with two attached hydrogens (primary N) is 1. The largest absolute Gasteiger partial charge is 0.495 e. The number of ether oxygens (including phenoxy) is 1. The Kier molecular flexibility index (Phi) is 3.51. The van der Waals surface area contributed by atoms with Gasteiger partial charge in [-0.15, -0.1) is 11.3 Å². The number of hydrogen-bond acceptors (Lipinski definition) is 6. The Morgan fingerprint density at radius 3 is 2.68 bits per heavy atom. The standard InChI is InChI=1S/C18H13N3O3S/c1-24-12-7-6-11(21-9-8-14(19)20-18(21)23)15-16(22)10-4-2-3-5-13(10)25-17(12)15/h2-9H,1H3,(H2,19,20,23). The van der Waals surface area contributed by atoms with Crippen LogP contribution in [0.3, 0.4) is 0 Å². The van der Waals surface area contributed by atoms with Crippen LogP contribution in [0.2, 0.25) is 0 Å². The topological polar surface area (TPSA) is 87.2 Å². The summed E-state index contributed by atoms with van der Waals surface area (Å²) < 4.78 is 8.29. The van der Waals surface area contributed by atoms with Crippen LogP contribution in [0, 0.1) is 0 Å². The summed E-state index contributed by atoms with van der Waals surface area (Å²) in [5, 5.41) is 1.03. The second kappa shape index (κ2) is 5.71. The van der Waals surface area contributed by atoms with Gasteiger partial charge in [-0.05, 0) is 30.3 Å². The minimum atomic E-state index is -0.538. The molecule has 6 nitrogen and oxygen atoms in total. The molecule has 7 heteroatoms. The van der Waals surface area contributed by atoms with E-state index in [9.17, 15) is 9.59 Å². The number of hydrogen-bond donors (Lipinski definition) is 1. The lowest BCUT2D eigenvalue weighted by molar-refractivity contribution is 0.420. The van der Waals surface area contributed by atoms with Crippen molar-refractivity contribution in [1.82, 2.24) is 9.55 Å². The van der Waals surface area contributed by atoms with E-state index in [-0.39, 0.29) is 11.2 Å². The van der Waals surface area contributed by atoms with Crippen LogP contribution in [0.25, 0.3) is 25.9 Å². The number of nitrogen functional groups attached to an aromatic ring is 1. The zero-order valence-corrected chi connectivity index (χ0v) is 14.0. The molecule has 0 fully saturated rings. The maximum Gasteiger partial charge on any atom is 0.354 e. The van der Waals surface area contributed by atoms with Gasteiger partial charge in [0.2, 0.25) is 0 Å². The van der Waals surface area contributed by atoms with E-state index in [0.29, 0.717) is 26.9 Å². The number of benzene rings is 2. The molecule has 25 heavy (non-hydrogen) atoms. The van der Waals surface area contributed by atoms with Crippen molar-refractivity contribution in [2.24, 2.45) is 0 Å². The highest BCUT2D eigenvalue weighted by Crippen LogP contribution is 2.34. The molecule has 0 saturated carbocycles. The van der Waals surface area contributed by atoms with Gasteiger partial charge in [0.15, 0.2) is 5.43 Å². The fraction of sp³-hybridized carbons (Fsp3) is 0.0556. The highest BCUT2D eigenvalue weighted by molar-refractivity contribution is 7.25. The van der Waals surface area contributed by atoms with Gasteiger partial charge in [-0.1, -0.05) is 12.1 Å². The maximum absolute atomic E-state index is 13.1. The van der Waals surface area contributed by atoms with Crippen LogP contribution >= 0.6 is 11.3 Å². The Labute approximate surface area is 145 Å². The minimum Gasteiger partial charge on any atom is -0.495 e. The molecule has 0 aliphatic heterocycles. The van der Waals surface area contributed by atoms with E-state index < -0.39 is 5.69 Å². The predicted octanol–water partition coefficient (Wildman–Crippen LogP) is 2.55. The van der Waals surface area contributed by atoms with Crippen LogP contribution in [0.15, 0.2) is 58.3 Å². The van der Waals surface area contributed by atoms with Crippen LogP contribution in [-0.4, -0.2) is 16.7 Å². The van der Waals surface area contributed by atoms with Crippen molar-refractivity contribution >= 4 is 37.3 Å². The third-order valence-electron chi connectivity index (χ3n) is 3.97. The monoisotopic (exact) mass is 351 g/mol. The molecule has 2 heterocycles. The summed E-state index contributed by atoms with van der Waals surface area (Å²) in [5.74, 6) is 0.720. The molecule has 0 unspecified atom stereocenters. The lowest BCUT2D eigenvalue weighted by atomic mass is 10.1. The van der Waals surface area contributed by atoms with Gasteiger partial charge in [0.25, 0.3) is 0 Å².